The van der Waals surface area contributed by atoms with Crippen LogP contribution in [-0.2, 0) is 22.5 Å². The highest BCUT2D eigenvalue weighted by atomic mass is 16.5. The highest BCUT2D eigenvalue weighted by Crippen LogP contribution is 2.21. The SMILES string of the molecule is Cc1cc(CN(C)C(=O)C2Cc3ccccc3C(=O)O2)no1. The number of ether oxygens (including phenoxy) is 1. The topological polar surface area (TPSA) is 72.6 Å². The first-order valence-corrected chi connectivity index (χ1v) is 7.00. The number of fused-ring (bicyclic) bond motifs is 1. The number of carbonyl (C=O) groups excluding carboxylic acids is 2. The highest BCUT2D eigenvalue weighted by Gasteiger charge is 2.32. The van der Waals surface area contributed by atoms with Gasteiger partial charge in [0.05, 0.1) is 12.1 Å². The summed E-state index contributed by atoms with van der Waals surface area (Å²) in [6, 6.07) is 8.95. The molecule has 6 nitrogen and oxygen atoms in total. The van der Waals surface area contributed by atoms with E-state index >= 15 is 0 Å². The van der Waals surface area contributed by atoms with Crippen molar-refractivity contribution < 1.29 is 18.8 Å². The van der Waals surface area contributed by atoms with Gasteiger partial charge in [-0.3, -0.25) is 4.79 Å². The van der Waals surface area contributed by atoms with Gasteiger partial charge in [0.1, 0.15) is 11.5 Å². The average molecular weight is 300 g/mol. The van der Waals surface area contributed by atoms with Crippen molar-refractivity contribution in [2.24, 2.45) is 0 Å². The molecule has 0 bridgehead atoms. The summed E-state index contributed by atoms with van der Waals surface area (Å²) < 4.78 is 10.2. The predicted octanol–water partition coefficient (Wildman–Crippen LogP) is 1.72. The van der Waals surface area contributed by atoms with Crippen LogP contribution < -0.4 is 0 Å². The molecule has 114 valence electrons. The fraction of sp³-hybridized carbons (Fsp3) is 0.312. The van der Waals surface area contributed by atoms with Crippen LogP contribution in [0, 0.1) is 6.92 Å². The summed E-state index contributed by atoms with van der Waals surface area (Å²) in [5, 5.41) is 3.86. The van der Waals surface area contributed by atoms with Crippen molar-refractivity contribution in [3.05, 3.63) is 52.9 Å². The number of hydrogen-bond donors (Lipinski definition) is 0. The molecule has 3 rings (SSSR count). The number of likely N-dealkylation sites (N-methyl/N-ethyl adjacent to an activating group) is 1. The van der Waals surface area contributed by atoms with Crippen LogP contribution in [0.25, 0.3) is 0 Å². The zero-order valence-corrected chi connectivity index (χ0v) is 12.4. The van der Waals surface area contributed by atoms with Crippen LogP contribution in [0.3, 0.4) is 0 Å². The fourth-order valence-electron chi connectivity index (χ4n) is 2.53. The monoisotopic (exact) mass is 300 g/mol. The van der Waals surface area contributed by atoms with Crippen molar-refractivity contribution in [1.29, 1.82) is 0 Å². The molecule has 1 aliphatic rings. The fourth-order valence-corrected chi connectivity index (χ4v) is 2.53. The molecule has 0 saturated heterocycles. The average Bonchev–Trinajstić information content (AvgIpc) is 2.91. The molecule has 0 N–H and O–H groups in total. The summed E-state index contributed by atoms with van der Waals surface area (Å²) in [5.74, 6) is -0.0109. The molecular weight excluding hydrogens is 284 g/mol. The molecule has 0 aliphatic carbocycles. The lowest BCUT2D eigenvalue weighted by molar-refractivity contribution is -0.140. The zero-order chi connectivity index (χ0) is 15.7. The molecule has 2 heterocycles. The molecule has 0 saturated carbocycles. The minimum atomic E-state index is -0.791. The summed E-state index contributed by atoms with van der Waals surface area (Å²) in [7, 11) is 1.65. The Hall–Kier alpha value is -2.63. The third-order valence-electron chi connectivity index (χ3n) is 3.62. The molecule has 6 heteroatoms. The van der Waals surface area contributed by atoms with Crippen molar-refractivity contribution in [3.8, 4) is 0 Å². The van der Waals surface area contributed by atoms with E-state index < -0.39 is 12.1 Å². The highest BCUT2D eigenvalue weighted by molar-refractivity contribution is 5.95. The minimum Gasteiger partial charge on any atom is -0.448 e. The standard InChI is InChI=1S/C16H16N2O4/c1-10-7-12(17-22-10)9-18(2)15(19)14-8-11-5-3-4-6-13(11)16(20)21-14/h3-7,14H,8-9H2,1-2H3. The second kappa shape index (κ2) is 5.63. The Kier molecular flexibility index (Phi) is 3.66. The van der Waals surface area contributed by atoms with E-state index in [0.717, 1.165) is 5.56 Å². The molecule has 1 unspecified atom stereocenters. The molecule has 0 spiro atoms. The molecule has 1 atom stereocenters. The number of rotatable bonds is 3. The maximum atomic E-state index is 12.5. The van der Waals surface area contributed by atoms with E-state index in [9.17, 15) is 9.59 Å². The van der Waals surface area contributed by atoms with Gasteiger partial charge in [-0.25, -0.2) is 4.79 Å². The van der Waals surface area contributed by atoms with Crippen LogP contribution in [0.4, 0.5) is 0 Å². The van der Waals surface area contributed by atoms with Crippen LogP contribution in [0.1, 0.15) is 27.4 Å². The van der Waals surface area contributed by atoms with Gasteiger partial charge < -0.3 is 14.2 Å². The number of nitrogens with zero attached hydrogens (tertiary/aromatic N) is 2. The molecular formula is C16H16N2O4. The summed E-state index contributed by atoms with van der Waals surface area (Å²) in [4.78, 5) is 25.9. The maximum Gasteiger partial charge on any atom is 0.339 e. The van der Waals surface area contributed by atoms with Gasteiger partial charge >= 0.3 is 5.97 Å². The number of aryl methyl sites for hydroxylation is 1. The van der Waals surface area contributed by atoms with Gasteiger partial charge in [0.15, 0.2) is 6.10 Å². The van der Waals surface area contributed by atoms with E-state index in [-0.39, 0.29) is 5.91 Å². The number of hydrogen-bond acceptors (Lipinski definition) is 5. The lowest BCUT2D eigenvalue weighted by Gasteiger charge is -2.27. The smallest absolute Gasteiger partial charge is 0.339 e. The van der Waals surface area contributed by atoms with Crippen LogP contribution in [-0.4, -0.2) is 35.1 Å². The first-order chi connectivity index (χ1) is 10.5. The summed E-state index contributed by atoms with van der Waals surface area (Å²) >= 11 is 0. The maximum absolute atomic E-state index is 12.5. The number of esters is 1. The Labute approximate surface area is 127 Å². The first-order valence-electron chi connectivity index (χ1n) is 7.00. The van der Waals surface area contributed by atoms with E-state index in [0.29, 0.717) is 30.0 Å². The summed E-state index contributed by atoms with van der Waals surface area (Å²) in [5.41, 5.74) is 2.03. The Morgan fingerprint density at radius 2 is 2.18 bits per heavy atom. The van der Waals surface area contributed by atoms with Gasteiger partial charge in [0, 0.05) is 19.5 Å². The van der Waals surface area contributed by atoms with Gasteiger partial charge in [-0.2, -0.15) is 0 Å². The van der Waals surface area contributed by atoms with E-state index in [2.05, 4.69) is 5.16 Å². The van der Waals surface area contributed by atoms with Gasteiger partial charge in [-0.15, -0.1) is 0 Å². The van der Waals surface area contributed by atoms with Crippen LogP contribution in [0.2, 0.25) is 0 Å². The Bertz CT molecular complexity index is 722. The van der Waals surface area contributed by atoms with E-state index in [1.54, 1.807) is 32.2 Å². The van der Waals surface area contributed by atoms with E-state index in [4.69, 9.17) is 9.26 Å². The van der Waals surface area contributed by atoms with Crippen LogP contribution >= 0.6 is 0 Å². The van der Waals surface area contributed by atoms with Gasteiger partial charge in [0.2, 0.25) is 0 Å². The number of carbonyl (C=O) groups is 2. The summed E-state index contributed by atoms with van der Waals surface area (Å²) in [6.07, 6.45) is -0.400. The quantitative estimate of drug-likeness (QED) is 0.807. The normalized spacial score (nSPS) is 16.8. The molecule has 1 aromatic heterocycles. The predicted molar refractivity (Wildman–Crippen MR) is 77.1 cm³/mol. The molecule has 22 heavy (non-hydrogen) atoms. The van der Waals surface area contributed by atoms with Crippen LogP contribution in [0.5, 0.6) is 0 Å². The third-order valence-corrected chi connectivity index (χ3v) is 3.62. The minimum absolute atomic E-state index is 0.247. The molecule has 0 radical (unpaired) electrons. The van der Waals surface area contributed by atoms with E-state index in [1.807, 2.05) is 12.1 Å². The number of benzene rings is 1. The lowest BCUT2D eigenvalue weighted by atomic mass is 9.98. The number of cyclic esters (lactones) is 1. The van der Waals surface area contributed by atoms with Crippen LogP contribution in [0.15, 0.2) is 34.9 Å². The Balaban J connectivity index is 1.72. The van der Waals surface area contributed by atoms with Gasteiger partial charge in [0.25, 0.3) is 5.91 Å². The Morgan fingerprint density at radius 3 is 2.91 bits per heavy atom. The van der Waals surface area contributed by atoms with E-state index in [1.165, 1.54) is 4.90 Å². The van der Waals surface area contributed by atoms with Gasteiger partial charge in [-0.05, 0) is 18.6 Å². The molecule has 1 aliphatic heterocycles. The number of amides is 1. The molecule has 1 aromatic carbocycles. The molecule has 2 aromatic rings. The molecule has 1 amide bonds. The lowest BCUT2D eigenvalue weighted by Crippen LogP contribution is -2.42. The first kappa shape index (κ1) is 14.3. The van der Waals surface area contributed by atoms with Crippen molar-refractivity contribution >= 4 is 11.9 Å². The second-order valence-corrected chi connectivity index (χ2v) is 5.38. The molecule has 0 fully saturated rings. The van der Waals surface area contributed by atoms with Gasteiger partial charge in [-0.1, -0.05) is 23.4 Å². The van der Waals surface area contributed by atoms with Crippen molar-refractivity contribution in [1.82, 2.24) is 10.1 Å². The van der Waals surface area contributed by atoms with Crippen molar-refractivity contribution in [2.45, 2.75) is 26.0 Å². The third kappa shape index (κ3) is 2.72. The summed E-state index contributed by atoms with van der Waals surface area (Å²) in [6.45, 7) is 2.10. The van der Waals surface area contributed by atoms with Crippen molar-refractivity contribution in [2.75, 3.05) is 7.05 Å². The number of aromatic nitrogens is 1. The second-order valence-electron chi connectivity index (χ2n) is 5.38. The largest absolute Gasteiger partial charge is 0.448 e. The zero-order valence-electron chi connectivity index (χ0n) is 12.4. The Morgan fingerprint density at radius 1 is 1.41 bits per heavy atom. The van der Waals surface area contributed by atoms with Crippen molar-refractivity contribution in [3.63, 3.8) is 0 Å².